The second kappa shape index (κ2) is 5.03. The largest absolute Gasteiger partial charge is 0.224 e. The van der Waals surface area contributed by atoms with Crippen LogP contribution in [0.25, 0.3) is 10.9 Å². The Balaban J connectivity index is 2.71. The predicted octanol–water partition coefficient (Wildman–Crippen LogP) is 2.80. The maximum absolute atomic E-state index is 11.8. The number of thioether (sulfide) groups is 1. The van der Waals surface area contributed by atoms with Gasteiger partial charge in [-0.15, -0.1) is 0 Å². The van der Waals surface area contributed by atoms with Crippen LogP contribution >= 0.6 is 23.4 Å². The first kappa shape index (κ1) is 13.6. The Labute approximate surface area is 115 Å². The summed E-state index contributed by atoms with van der Waals surface area (Å²) in [4.78, 5) is 8.63. The van der Waals surface area contributed by atoms with E-state index in [1.807, 2.05) is 6.26 Å². The van der Waals surface area contributed by atoms with E-state index in [1.165, 1.54) is 17.8 Å². The lowest BCUT2D eigenvalue weighted by molar-refractivity contribution is 0.597. The molecule has 2 aromatic rings. The highest BCUT2D eigenvalue weighted by Crippen LogP contribution is 2.25. The first-order valence-corrected chi connectivity index (χ1v) is 8.47. The summed E-state index contributed by atoms with van der Waals surface area (Å²) in [5, 5.41) is 1.52. The van der Waals surface area contributed by atoms with E-state index in [4.69, 9.17) is 11.6 Å². The van der Waals surface area contributed by atoms with Gasteiger partial charge in [0, 0.05) is 5.39 Å². The van der Waals surface area contributed by atoms with Crippen LogP contribution in [0.1, 0.15) is 6.92 Å². The highest BCUT2D eigenvalue weighted by atomic mass is 35.5. The van der Waals surface area contributed by atoms with Crippen molar-refractivity contribution in [3.8, 4) is 0 Å². The Morgan fingerprint density at radius 3 is 2.67 bits per heavy atom. The number of hydrogen-bond donors (Lipinski definition) is 0. The smallest absolute Gasteiger partial charge is 0.189 e. The highest BCUT2D eigenvalue weighted by Gasteiger charge is 2.14. The zero-order chi connectivity index (χ0) is 13.3. The van der Waals surface area contributed by atoms with Gasteiger partial charge in [-0.1, -0.05) is 30.3 Å². The molecular formula is C11H11ClN2O2S2. The SMILES string of the molecule is CCS(=O)(=O)c1ccc2c(Cl)nc(SC)nc2c1. The summed E-state index contributed by atoms with van der Waals surface area (Å²) < 4.78 is 23.6. The number of hydrogen-bond acceptors (Lipinski definition) is 5. The Kier molecular flexibility index (Phi) is 3.79. The standard InChI is InChI=1S/C11H11ClN2O2S2/c1-3-18(15,16)7-4-5-8-9(6-7)13-11(17-2)14-10(8)12/h4-6H,3H2,1-2H3. The molecule has 18 heavy (non-hydrogen) atoms. The molecule has 1 aromatic heterocycles. The number of halogens is 1. The normalized spacial score (nSPS) is 11.9. The van der Waals surface area contributed by atoms with Crippen molar-refractivity contribution in [1.82, 2.24) is 9.97 Å². The summed E-state index contributed by atoms with van der Waals surface area (Å²) >= 11 is 7.39. The second-order valence-electron chi connectivity index (χ2n) is 3.58. The highest BCUT2D eigenvalue weighted by molar-refractivity contribution is 7.98. The van der Waals surface area contributed by atoms with Crippen LogP contribution in [-0.2, 0) is 9.84 Å². The average Bonchev–Trinajstić information content (AvgIpc) is 2.37. The molecule has 0 aliphatic carbocycles. The monoisotopic (exact) mass is 302 g/mol. The average molecular weight is 303 g/mol. The van der Waals surface area contributed by atoms with Gasteiger partial charge in [0.25, 0.3) is 0 Å². The van der Waals surface area contributed by atoms with Crippen molar-refractivity contribution < 1.29 is 8.42 Å². The molecule has 0 saturated heterocycles. The zero-order valence-corrected chi connectivity index (χ0v) is 12.2. The van der Waals surface area contributed by atoms with Gasteiger partial charge in [0.05, 0.1) is 16.2 Å². The minimum Gasteiger partial charge on any atom is -0.224 e. The van der Waals surface area contributed by atoms with E-state index in [0.29, 0.717) is 21.2 Å². The Bertz CT molecular complexity index is 702. The van der Waals surface area contributed by atoms with Crippen molar-refractivity contribution >= 4 is 44.1 Å². The molecule has 7 heteroatoms. The second-order valence-corrected chi connectivity index (χ2v) is 6.99. The van der Waals surface area contributed by atoms with Crippen molar-refractivity contribution in [3.63, 3.8) is 0 Å². The summed E-state index contributed by atoms with van der Waals surface area (Å²) in [6, 6.07) is 4.72. The lowest BCUT2D eigenvalue weighted by Gasteiger charge is -2.05. The van der Waals surface area contributed by atoms with Gasteiger partial charge in [0.15, 0.2) is 15.0 Å². The van der Waals surface area contributed by atoms with Gasteiger partial charge >= 0.3 is 0 Å². The Morgan fingerprint density at radius 1 is 1.33 bits per heavy atom. The molecule has 2 rings (SSSR count). The zero-order valence-electron chi connectivity index (χ0n) is 9.84. The first-order chi connectivity index (χ1) is 8.47. The third-order valence-electron chi connectivity index (χ3n) is 2.52. The Morgan fingerprint density at radius 2 is 2.06 bits per heavy atom. The van der Waals surface area contributed by atoms with Crippen molar-refractivity contribution in [1.29, 1.82) is 0 Å². The van der Waals surface area contributed by atoms with E-state index >= 15 is 0 Å². The topological polar surface area (TPSA) is 59.9 Å². The van der Waals surface area contributed by atoms with Crippen LogP contribution in [0, 0.1) is 0 Å². The molecule has 0 saturated carbocycles. The third-order valence-corrected chi connectivity index (χ3v) is 5.09. The van der Waals surface area contributed by atoms with Gasteiger partial charge in [-0.3, -0.25) is 0 Å². The fraction of sp³-hybridized carbons (Fsp3) is 0.273. The summed E-state index contributed by atoms with van der Waals surface area (Å²) in [7, 11) is -3.23. The number of rotatable bonds is 3. The van der Waals surface area contributed by atoms with Gasteiger partial charge in [-0.05, 0) is 24.5 Å². The summed E-state index contributed by atoms with van der Waals surface area (Å²) in [6.07, 6.45) is 1.84. The van der Waals surface area contributed by atoms with E-state index in [1.54, 1.807) is 19.1 Å². The summed E-state index contributed by atoms with van der Waals surface area (Å²) in [5.41, 5.74) is 0.550. The van der Waals surface area contributed by atoms with Crippen LogP contribution in [0.4, 0.5) is 0 Å². The van der Waals surface area contributed by atoms with Crippen molar-refractivity contribution in [2.75, 3.05) is 12.0 Å². The molecule has 0 radical (unpaired) electrons. The van der Waals surface area contributed by atoms with Crippen LogP contribution in [-0.4, -0.2) is 30.4 Å². The van der Waals surface area contributed by atoms with Gasteiger partial charge < -0.3 is 0 Å². The molecule has 0 aliphatic rings. The molecule has 0 bridgehead atoms. The molecule has 0 N–H and O–H groups in total. The van der Waals surface area contributed by atoms with Crippen LogP contribution in [0.15, 0.2) is 28.3 Å². The third kappa shape index (κ3) is 2.46. The molecular weight excluding hydrogens is 292 g/mol. The number of nitrogens with zero attached hydrogens (tertiary/aromatic N) is 2. The van der Waals surface area contributed by atoms with Gasteiger partial charge in [-0.2, -0.15) is 0 Å². The van der Waals surface area contributed by atoms with Crippen LogP contribution in [0.5, 0.6) is 0 Å². The van der Waals surface area contributed by atoms with E-state index in [0.717, 1.165) is 0 Å². The molecule has 0 unspecified atom stereocenters. The number of aromatic nitrogens is 2. The van der Waals surface area contributed by atoms with E-state index in [-0.39, 0.29) is 10.6 Å². The minimum absolute atomic E-state index is 0.0622. The van der Waals surface area contributed by atoms with Crippen LogP contribution in [0.3, 0.4) is 0 Å². The molecule has 0 amide bonds. The molecule has 0 atom stereocenters. The Hall–Kier alpha value is -0.850. The molecule has 96 valence electrons. The summed E-state index contributed by atoms with van der Waals surface area (Å²) in [5.74, 6) is 0.0622. The first-order valence-electron chi connectivity index (χ1n) is 5.22. The van der Waals surface area contributed by atoms with E-state index in [9.17, 15) is 8.42 Å². The van der Waals surface area contributed by atoms with Gasteiger partial charge in [0.2, 0.25) is 0 Å². The number of sulfone groups is 1. The van der Waals surface area contributed by atoms with Gasteiger partial charge in [0.1, 0.15) is 5.15 Å². The predicted molar refractivity (Wildman–Crippen MR) is 74.1 cm³/mol. The van der Waals surface area contributed by atoms with Crippen molar-refractivity contribution in [3.05, 3.63) is 23.4 Å². The molecule has 0 aliphatic heterocycles. The fourth-order valence-electron chi connectivity index (χ4n) is 1.50. The molecule has 4 nitrogen and oxygen atoms in total. The van der Waals surface area contributed by atoms with Crippen molar-refractivity contribution in [2.45, 2.75) is 17.0 Å². The van der Waals surface area contributed by atoms with E-state index in [2.05, 4.69) is 9.97 Å². The molecule has 0 spiro atoms. The summed E-state index contributed by atoms with van der Waals surface area (Å²) in [6.45, 7) is 1.61. The molecule has 0 fully saturated rings. The van der Waals surface area contributed by atoms with Crippen LogP contribution < -0.4 is 0 Å². The minimum atomic E-state index is -3.23. The van der Waals surface area contributed by atoms with E-state index < -0.39 is 9.84 Å². The fourth-order valence-corrected chi connectivity index (χ4v) is 3.06. The lowest BCUT2D eigenvalue weighted by Crippen LogP contribution is -2.03. The number of benzene rings is 1. The molecule has 1 aromatic carbocycles. The van der Waals surface area contributed by atoms with Crippen LogP contribution in [0.2, 0.25) is 5.15 Å². The van der Waals surface area contributed by atoms with Gasteiger partial charge in [-0.25, -0.2) is 18.4 Å². The lowest BCUT2D eigenvalue weighted by atomic mass is 10.2. The van der Waals surface area contributed by atoms with Crippen molar-refractivity contribution in [2.24, 2.45) is 0 Å². The maximum atomic E-state index is 11.8. The maximum Gasteiger partial charge on any atom is 0.189 e. The molecule has 1 heterocycles. The quantitative estimate of drug-likeness (QED) is 0.496. The number of fused-ring (bicyclic) bond motifs is 1.